The minimum Gasteiger partial charge on any atom is -0.461 e. The average Bonchev–Trinajstić information content (AvgIpc) is 2.64. The van der Waals surface area contributed by atoms with Crippen molar-refractivity contribution in [2.75, 3.05) is 27.2 Å². The highest BCUT2D eigenvalue weighted by molar-refractivity contribution is 5.82. The topological polar surface area (TPSA) is 48.6 Å². The normalized spacial score (nSPS) is 14.9. The number of nitrogens with one attached hydrogen (secondary N) is 1. The predicted molar refractivity (Wildman–Crippen MR) is 81.8 cm³/mol. The van der Waals surface area contributed by atoms with Crippen molar-refractivity contribution in [3.8, 4) is 0 Å². The Bertz CT molecular complexity index is 573. The summed E-state index contributed by atoms with van der Waals surface area (Å²) in [6.45, 7) is 5.71. The van der Waals surface area contributed by atoms with Crippen molar-refractivity contribution in [3.63, 3.8) is 0 Å². The number of rotatable bonds is 6. The summed E-state index contributed by atoms with van der Waals surface area (Å²) in [6.07, 6.45) is 0. The lowest BCUT2D eigenvalue weighted by Crippen LogP contribution is -2.45. The molecule has 110 valence electrons. The molecule has 0 aliphatic carbocycles. The second kappa shape index (κ2) is 5.95. The zero-order chi connectivity index (χ0) is 14.8. The van der Waals surface area contributed by atoms with Crippen LogP contribution < -0.4 is 5.32 Å². The molecule has 0 bridgehead atoms. The summed E-state index contributed by atoms with van der Waals surface area (Å²) < 4.78 is 5.74. The molecule has 0 spiro atoms. The second-order valence-corrected chi connectivity index (χ2v) is 5.97. The van der Waals surface area contributed by atoms with Crippen LogP contribution in [0, 0.1) is 6.92 Å². The van der Waals surface area contributed by atoms with E-state index in [-0.39, 0.29) is 0 Å². The molecule has 2 aromatic rings. The van der Waals surface area contributed by atoms with E-state index in [9.17, 15) is 5.11 Å². The SMILES string of the molecule is Cc1oc2ccccc2c1CNCC(C)(O)CN(C)C. The number of aryl methyl sites for hydroxylation is 1. The Kier molecular flexibility index (Phi) is 4.48. The van der Waals surface area contributed by atoms with Gasteiger partial charge in [-0.3, -0.25) is 0 Å². The molecule has 4 nitrogen and oxygen atoms in total. The molecule has 4 heteroatoms. The van der Waals surface area contributed by atoms with Crippen molar-refractivity contribution >= 4 is 11.0 Å². The predicted octanol–water partition coefficient (Wildman–Crippen LogP) is 2.14. The van der Waals surface area contributed by atoms with E-state index >= 15 is 0 Å². The Labute approximate surface area is 120 Å². The quantitative estimate of drug-likeness (QED) is 0.848. The summed E-state index contributed by atoms with van der Waals surface area (Å²) in [5, 5.41) is 14.7. The lowest BCUT2D eigenvalue weighted by Gasteiger charge is -2.27. The highest BCUT2D eigenvalue weighted by Gasteiger charge is 2.21. The molecular weight excluding hydrogens is 252 g/mol. The van der Waals surface area contributed by atoms with Crippen molar-refractivity contribution < 1.29 is 9.52 Å². The highest BCUT2D eigenvalue weighted by atomic mass is 16.3. The number of para-hydroxylation sites is 1. The van der Waals surface area contributed by atoms with E-state index < -0.39 is 5.60 Å². The molecule has 0 fully saturated rings. The number of aliphatic hydroxyl groups is 1. The van der Waals surface area contributed by atoms with Crippen molar-refractivity contribution in [1.29, 1.82) is 0 Å². The van der Waals surface area contributed by atoms with Crippen molar-refractivity contribution in [3.05, 3.63) is 35.6 Å². The third kappa shape index (κ3) is 3.60. The third-order valence-electron chi connectivity index (χ3n) is 3.36. The van der Waals surface area contributed by atoms with E-state index in [1.165, 1.54) is 5.56 Å². The maximum absolute atomic E-state index is 10.3. The standard InChI is InChI=1S/C16H24N2O2/c1-12-14(13-7-5-6-8-15(13)20-12)9-17-10-16(2,19)11-18(3)4/h5-8,17,19H,9-11H2,1-4H3. The summed E-state index contributed by atoms with van der Waals surface area (Å²) in [4.78, 5) is 1.99. The van der Waals surface area contributed by atoms with E-state index in [1.807, 2.05) is 51.0 Å². The van der Waals surface area contributed by atoms with Crippen LogP contribution in [-0.2, 0) is 6.54 Å². The fourth-order valence-corrected chi connectivity index (χ4v) is 2.63. The highest BCUT2D eigenvalue weighted by Crippen LogP contribution is 2.24. The number of hydrogen-bond donors (Lipinski definition) is 2. The molecule has 1 unspecified atom stereocenters. The maximum Gasteiger partial charge on any atom is 0.134 e. The molecule has 0 radical (unpaired) electrons. The van der Waals surface area contributed by atoms with Crippen LogP contribution in [0.3, 0.4) is 0 Å². The molecule has 2 N–H and O–H groups in total. The summed E-state index contributed by atoms with van der Waals surface area (Å²) >= 11 is 0. The number of nitrogens with zero attached hydrogens (tertiary/aromatic N) is 1. The van der Waals surface area contributed by atoms with Gasteiger partial charge in [-0.2, -0.15) is 0 Å². The number of benzene rings is 1. The monoisotopic (exact) mass is 276 g/mol. The summed E-state index contributed by atoms with van der Waals surface area (Å²) in [5.41, 5.74) is 1.35. The van der Waals surface area contributed by atoms with Gasteiger partial charge < -0.3 is 19.7 Å². The van der Waals surface area contributed by atoms with Crippen LogP contribution in [0.1, 0.15) is 18.2 Å². The minimum atomic E-state index is -0.739. The fourth-order valence-electron chi connectivity index (χ4n) is 2.63. The molecule has 1 atom stereocenters. The molecule has 0 saturated heterocycles. The van der Waals surface area contributed by atoms with Gasteiger partial charge in [-0.15, -0.1) is 0 Å². The van der Waals surface area contributed by atoms with Gasteiger partial charge in [0.15, 0.2) is 0 Å². The number of likely N-dealkylation sites (N-methyl/N-ethyl adjacent to an activating group) is 1. The van der Waals surface area contributed by atoms with Crippen LogP contribution in [0.25, 0.3) is 11.0 Å². The lowest BCUT2D eigenvalue weighted by molar-refractivity contribution is 0.0336. The van der Waals surface area contributed by atoms with E-state index in [0.29, 0.717) is 19.6 Å². The average molecular weight is 276 g/mol. The molecule has 0 amide bonds. The van der Waals surface area contributed by atoms with E-state index in [4.69, 9.17) is 4.42 Å². The van der Waals surface area contributed by atoms with Gasteiger partial charge in [-0.1, -0.05) is 18.2 Å². The number of hydrogen-bond acceptors (Lipinski definition) is 4. The van der Waals surface area contributed by atoms with E-state index in [2.05, 4.69) is 11.4 Å². The van der Waals surface area contributed by atoms with Gasteiger partial charge >= 0.3 is 0 Å². The Morgan fingerprint density at radius 1 is 1.30 bits per heavy atom. The van der Waals surface area contributed by atoms with Crippen LogP contribution in [-0.4, -0.2) is 42.8 Å². The molecule has 2 rings (SSSR count). The van der Waals surface area contributed by atoms with E-state index in [0.717, 1.165) is 16.7 Å². The number of furan rings is 1. The summed E-state index contributed by atoms with van der Waals surface area (Å²) in [7, 11) is 3.92. The van der Waals surface area contributed by atoms with Crippen LogP contribution >= 0.6 is 0 Å². The molecule has 1 heterocycles. The summed E-state index contributed by atoms with van der Waals surface area (Å²) in [5.74, 6) is 0.936. The first-order chi connectivity index (χ1) is 9.39. The van der Waals surface area contributed by atoms with Gasteiger partial charge in [0.05, 0.1) is 5.60 Å². The number of fused-ring (bicyclic) bond motifs is 1. The second-order valence-electron chi connectivity index (χ2n) is 5.97. The van der Waals surface area contributed by atoms with Crippen LogP contribution in [0.4, 0.5) is 0 Å². The third-order valence-corrected chi connectivity index (χ3v) is 3.36. The van der Waals surface area contributed by atoms with Crippen molar-refractivity contribution in [1.82, 2.24) is 10.2 Å². The van der Waals surface area contributed by atoms with Crippen molar-refractivity contribution in [2.24, 2.45) is 0 Å². The Morgan fingerprint density at radius 3 is 2.70 bits per heavy atom. The molecule has 1 aromatic heterocycles. The van der Waals surface area contributed by atoms with Gasteiger partial charge in [-0.25, -0.2) is 0 Å². The zero-order valence-electron chi connectivity index (χ0n) is 12.7. The minimum absolute atomic E-state index is 0.546. The molecule has 1 aromatic carbocycles. The van der Waals surface area contributed by atoms with Gasteiger partial charge in [0.1, 0.15) is 11.3 Å². The molecule has 0 saturated carbocycles. The first-order valence-electron chi connectivity index (χ1n) is 6.94. The van der Waals surface area contributed by atoms with Crippen LogP contribution in [0.15, 0.2) is 28.7 Å². The lowest BCUT2D eigenvalue weighted by atomic mass is 10.1. The molecule has 0 aliphatic rings. The first kappa shape index (κ1) is 15.0. The Morgan fingerprint density at radius 2 is 2.00 bits per heavy atom. The van der Waals surface area contributed by atoms with Gasteiger partial charge in [0.25, 0.3) is 0 Å². The van der Waals surface area contributed by atoms with Gasteiger partial charge in [0, 0.05) is 30.6 Å². The fraction of sp³-hybridized carbons (Fsp3) is 0.500. The molecule has 0 aliphatic heterocycles. The summed E-state index contributed by atoms with van der Waals surface area (Å²) in [6, 6.07) is 8.04. The molecule has 20 heavy (non-hydrogen) atoms. The molecular formula is C16H24N2O2. The van der Waals surface area contributed by atoms with Crippen LogP contribution in [0.2, 0.25) is 0 Å². The van der Waals surface area contributed by atoms with Crippen molar-refractivity contribution in [2.45, 2.75) is 26.0 Å². The van der Waals surface area contributed by atoms with Crippen LogP contribution in [0.5, 0.6) is 0 Å². The maximum atomic E-state index is 10.3. The van der Waals surface area contributed by atoms with Gasteiger partial charge in [0.2, 0.25) is 0 Å². The first-order valence-corrected chi connectivity index (χ1v) is 6.94. The zero-order valence-corrected chi connectivity index (χ0v) is 12.7. The Hall–Kier alpha value is -1.36. The van der Waals surface area contributed by atoms with E-state index in [1.54, 1.807) is 0 Å². The largest absolute Gasteiger partial charge is 0.461 e. The Balaban J connectivity index is 2.01. The van der Waals surface area contributed by atoms with Gasteiger partial charge in [-0.05, 0) is 34.0 Å². The smallest absolute Gasteiger partial charge is 0.134 e.